The Bertz CT molecular complexity index is 312. The van der Waals surface area contributed by atoms with E-state index in [4.69, 9.17) is 24.1 Å². The molecular weight excluding hydrogens is 248 g/mol. The summed E-state index contributed by atoms with van der Waals surface area (Å²) in [5.41, 5.74) is 0.872. The van der Waals surface area contributed by atoms with Gasteiger partial charge in [-0.3, -0.25) is 0 Å². The van der Waals surface area contributed by atoms with Crippen LogP contribution in [0.3, 0.4) is 0 Å². The number of ether oxygens (including phenoxy) is 4. The fourth-order valence-corrected chi connectivity index (χ4v) is 1.37. The van der Waals surface area contributed by atoms with E-state index < -0.39 is 0 Å². The van der Waals surface area contributed by atoms with Crippen molar-refractivity contribution in [3.8, 4) is 5.75 Å². The number of aliphatic hydroxyl groups excluding tert-OH is 1. The van der Waals surface area contributed by atoms with Crippen molar-refractivity contribution < 1.29 is 24.1 Å². The van der Waals surface area contributed by atoms with Crippen LogP contribution in [-0.2, 0) is 20.8 Å². The van der Waals surface area contributed by atoms with Crippen molar-refractivity contribution >= 4 is 0 Å². The minimum atomic E-state index is 0.0481. The number of benzene rings is 1. The Hall–Kier alpha value is -1.14. The van der Waals surface area contributed by atoms with Gasteiger partial charge < -0.3 is 24.1 Å². The predicted octanol–water partition coefficient (Wildman–Crippen LogP) is 1.24. The molecule has 5 nitrogen and oxygen atoms in total. The van der Waals surface area contributed by atoms with Crippen molar-refractivity contribution in [3.05, 3.63) is 29.8 Å². The molecule has 0 saturated carbocycles. The van der Waals surface area contributed by atoms with E-state index in [1.165, 1.54) is 0 Å². The van der Waals surface area contributed by atoms with Gasteiger partial charge in [0, 0.05) is 7.11 Å². The van der Waals surface area contributed by atoms with Crippen LogP contribution in [0.5, 0.6) is 5.75 Å². The average Bonchev–Trinajstić information content (AvgIpc) is 2.46. The largest absolute Gasteiger partial charge is 0.491 e. The fourth-order valence-electron chi connectivity index (χ4n) is 1.37. The van der Waals surface area contributed by atoms with Crippen molar-refractivity contribution in [1.29, 1.82) is 0 Å². The molecule has 0 heterocycles. The molecule has 5 heteroatoms. The Kier molecular flexibility index (Phi) is 9.01. The summed E-state index contributed by atoms with van der Waals surface area (Å²) in [7, 11) is 1.64. The summed E-state index contributed by atoms with van der Waals surface area (Å²) in [5.74, 6) is 0.775. The number of methoxy groups -OCH3 is 1. The van der Waals surface area contributed by atoms with Crippen molar-refractivity contribution in [2.75, 3.05) is 46.8 Å². The molecule has 0 fully saturated rings. The topological polar surface area (TPSA) is 57.2 Å². The predicted molar refractivity (Wildman–Crippen MR) is 71.4 cm³/mol. The number of hydrogen-bond donors (Lipinski definition) is 1. The fraction of sp³-hybridized carbons (Fsp3) is 0.571. The molecule has 0 spiro atoms. The molecule has 0 aliphatic heterocycles. The lowest BCUT2D eigenvalue weighted by Crippen LogP contribution is -2.12. The second-order valence-electron chi connectivity index (χ2n) is 3.87. The zero-order chi connectivity index (χ0) is 13.8. The quantitative estimate of drug-likeness (QED) is 0.613. The van der Waals surface area contributed by atoms with Crippen LogP contribution in [-0.4, -0.2) is 51.9 Å². The number of rotatable bonds is 11. The zero-order valence-electron chi connectivity index (χ0n) is 11.3. The number of hydrogen-bond acceptors (Lipinski definition) is 5. The van der Waals surface area contributed by atoms with Crippen molar-refractivity contribution in [2.45, 2.75) is 6.61 Å². The summed E-state index contributed by atoms with van der Waals surface area (Å²) in [5, 5.41) is 8.90. The zero-order valence-corrected chi connectivity index (χ0v) is 11.3. The minimum absolute atomic E-state index is 0.0481. The Morgan fingerprint density at radius 1 is 0.842 bits per heavy atom. The highest BCUT2D eigenvalue weighted by atomic mass is 16.6. The molecule has 0 atom stereocenters. The maximum absolute atomic E-state index is 8.90. The summed E-state index contributed by atoms with van der Waals surface area (Å²) in [6.45, 7) is 3.38. The second kappa shape index (κ2) is 10.8. The molecule has 1 aromatic carbocycles. The van der Waals surface area contributed by atoms with E-state index in [1.807, 2.05) is 24.3 Å². The first-order valence-corrected chi connectivity index (χ1v) is 6.34. The van der Waals surface area contributed by atoms with Crippen LogP contribution in [0.1, 0.15) is 5.56 Å². The van der Waals surface area contributed by atoms with Crippen LogP contribution in [0.2, 0.25) is 0 Å². The van der Waals surface area contributed by atoms with E-state index in [9.17, 15) is 0 Å². The first-order valence-electron chi connectivity index (χ1n) is 6.34. The first kappa shape index (κ1) is 15.9. The summed E-state index contributed by atoms with van der Waals surface area (Å²) in [6.07, 6.45) is 0. The molecule has 0 amide bonds. The molecule has 108 valence electrons. The first-order chi connectivity index (χ1) is 9.36. The molecule has 0 aliphatic carbocycles. The Labute approximate surface area is 114 Å². The van der Waals surface area contributed by atoms with Gasteiger partial charge in [0.05, 0.1) is 39.6 Å². The molecule has 1 N–H and O–H groups in total. The van der Waals surface area contributed by atoms with Gasteiger partial charge in [-0.25, -0.2) is 0 Å². The van der Waals surface area contributed by atoms with E-state index in [2.05, 4.69) is 0 Å². The van der Waals surface area contributed by atoms with Gasteiger partial charge >= 0.3 is 0 Å². The van der Waals surface area contributed by atoms with E-state index in [0.29, 0.717) is 39.6 Å². The lowest BCUT2D eigenvalue weighted by atomic mass is 10.2. The van der Waals surface area contributed by atoms with E-state index in [1.54, 1.807) is 7.11 Å². The summed E-state index contributed by atoms with van der Waals surface area (Å²) in [6, 6.07) is 7.33. The highest BCUT2D eigenvalue weighted by Crippen LogP contribution is 2.11. The van der Waals surface area contributed by atoms with Gasteiger partial charge in [-0.05, 0) is 17.7 Å². The molecule has 0 unspecified atom stereocenters. The van der Waals surface area contributed by atoms with Gasteiger partial charge in [0.25, 0.3) is 0 Å². The molecule has 0 radical (unpaired) electrons. The van der Waals surface area contributed by atoms with Crippen LogP contribution < -0.4 is 4.74 Å². The standard InChI is InChI=1S/C14H22O5/c1-16-6-7-17-8-9-18-10-11-19-14-4-2-13(12-15)3-5-14/h2-5,15H,6-12H2,1H3. The SMILES string of the molecule is COCCOCCOCCOc1ccc(CO)cc1. The third-order valence-corrected chi connectivity index (χ3v) is 2.41. The van der Waals surface area contributed by atoms with E-state index in [0.717, 1.165) is 11.3 Å². The van der Waals surface area contributed by atoms with Gasteiger partial charge in [0.15, 0.2) is 0 Å². The molecule has 0 bridgehead atoms. The molecule has 19 heavy (non-hydrogen) atoms. The lowest BCUT2D eigenvalue weighted by molar-refractivity contribution is 0.0180. The summed E-state index contributed by atoms with van der Waals surface area (Å²) >= 11 is 0. The van der Waals surface area contributed by atoms with Crippen LogP contribution in [0.15, 0.2) is 24.3 Å². The van der Waals surface area contributed by atoms with Crippen molar-refractivity contribution in [3.63, 3.8) is 0 Å². The number of aliphatic hydroxyl groups is 1. The van der Waals surface area contributed by atoms with Gasteiger partial charge in [0.1, 0.15) is 12.4 Å². The van der Waals surface area contributed by atoms with E-state index >= 15 is 0 Å². The maximum atomic E-state index is 8.90. The van der Waals surface area contributed by atoms with Gasteiger partial charge in [-0.2, -0.15) is 0 Å². The molecule has 0 saturated heterocycles. The van der Waals surface area contributed by atoms with Gasteiger partial charge in [0.2, 0.25) is 0 Å². The maximum Gasteiger partial charge on any atom is 0.119 e. The molecule has 0 aromatic heterocycles. The van der Waals surface area contributed by atoms with Crippen molar-refractivity contribution in [1.82, 2.24) is 0 Å². The van der Waals surface area contributed by atoms with Crippen LogP contribution >= 0.6 is 0 Å². The summed E-state index contributed by atoms with van der Waals surface area (Å²) < 4.78 is 20.9. The third kappa shape index (κ3) is 7.79. The molecule has 0 aliphatic rings. The molecule has 1 aromatic rings. The Balaban J connectivity index is 1.95. The lowest BCUT2D eigenvalue weighted by Gasteiger charge is -2.08. The monoisotopic (exact) mass is 270 g/mol. The normalized spacial score (nSPS) is 10.6. The van der Waals surface area contributed by atoms with Crippen molar-refractivity contribution in [2.24, 2.45) is 0 Å². The third-order valence-electron chi connectivity index (χ3n) is 2.41. The molecular formula is C14H22O5. The van der Waals surface area contributed by atoms with Crippen LogP contribution in [0.4, 0.5) is 0 Å². The highest BCUT2D eigenvalue weighted by molar-refractivity contribution is 5.26. The smallest absolute Gasteiger partial charge is 0.119 e. The second-order valence-corrected chi connectivity index (χ2v) is 3.87. The average molecular weight is 270 g/mol. The van der Waals surface area contributed by atoms with Gasteiger partial charge in [-0.15, -0.1) is 0 Å². The molecule has 1 rings (SSSR count). The van der Waals surface area contributed by atoms with Gasteiger partial charge in [-0.1, -0.05) is 12.1 Å². The van der Waals surface area contributed by atoms with E-state index in [-0.39, 0.29) is 6.61 Å². The summed E-state index contributed by atoms with van der Waals surface area (Å²) in [4.78, 5) is 0. The Morgan fingerprint density at radius 3 is 2.00 bits per heavy atom. The minimum Gasteiger partial charge on any atom is -0.491 e. The van der Waals surface area contributed by atoms with Crippen LogP contribution in [0.25, 0.3) is 0 Å². The highest BCUT2D eigenvalue weighted by Gasteiger charge is 1.95. The Morgan fingerprint density at radius 2 is 1.42 bits per heavy atom. The van der Waals surface area contributed by atoms with Crippen LogP contribution in [0, 0.1) is 0 Å².